The Balaban J connectivity index is 2.07. The van der Waals surface area contributed by atoms with Gasteiger partial charge < -0.3 is 10.1 Å². The van der Waals surface area contributed by atoms with Gasteiger partial charge in [0, 0.05) is 18.8 Å². The van der Waals surface area contributed by atoms with Crippen LogP contribution < -0.4 is 5.32 Å². The van der Waals surface area contributed by atoms with Crippen LogP contribution in [0.2, 0.25) is 0 Å². The fourth-order valence-corrected chi connectivity index (χ4v) is 2.56. The fourth-order valence-electron chi connectivity index (χ4n) is 2.56. The summed E-state index contributed by atoms with van der Waals surface area (Å²) >= 11 is 0. The number of anilines is 1. The monoisotopic (exact) mass is 244 g/mol. The molecule has 3 heteroatoms. The standard InChI is InChI=1S/C15H20N2O/c1-11-6-7-12(10-16)8-15(11)17-13-4-3-5-14(9-13)18-2/h6-8,13-14,17H,3-5,9H2,1-2H3. The summed E-state index contributed by atoms with van der Waals surface area (Å²) in [4.78, 5) is 0. The van der Waals surface area contributed by atoms with Crippen molar-refractivity contribution in [3.05, 3.63) is 29.3 Å². The van der Waals surface area contributed by atoms with Crippen LogP contribution in [0.1, 0.15) is 36.8 Å². The summed E-state index contributed by atoms with van der Waals surface area (Å²) in [6, 6.07) is 8.44. The molecule has 1 aliphatic carbocycles. The predicted octanol–water partition coefficient (Wildman–Crippen LogP) is 3.24. The molecule has 96 valence electrons. The molecule has 0 bridgehead atoms. The number of hydrogen-bond acceptors (Lipinski definition) is 3. The summed E-state index contributed by atoms with van der Waals surface area (Å²) in [6.45, 7) is 2.07. The predicted molar refractivity (Wildman–Crippen MR) is 72.6 cm³/mol. The molecule has 0 spiro atoms. The molecule has 1 aromatic rings. The first-order chi connectivity index (χ1) is 8.72. The van der Waals surface area contributed by atoms with Crippen LogP contribution in [-0.2, 0) is 4.74 Å². The van der Waals surface area contributed by atoms with Crippen LogP contribution in [0.3, 0.4) is 0 Å². The second-order valence-electron chi connectivity index (χ2n) is 5.01. The van der Waals surface area contributed by atoms with Crippen molar-refractivity contribution in [2.75, 3.05) is 12.4 Å². The largest absolute Gasteiger partial charge is 0.382 e. The summed E-state index contributed by atoms with van der Waals surface area (Å²) in [5.41, 5.74) is 2.98. The zero-order chi connectivity index (χ0) is 13.0. The van der Waals surface area contributed by atoms with Crippen molar-refractivity contribution in [3.63, 3.8) is 0 Å². The number of nitriles is 1. The number of methoxy groups -OCH3 is 1. The SMILES string of the molecule is COC1CCCC(Nc2cc(C#N)ccc2C)C1. The van der Waals surface area contributed by atoms with Gasteiger partial charge in [-0.25, -0.2) is 0 Å². The lowest BCUT2D eigenvalue weighted by molar-refractivity contribution is 0.0669. The smallest absolute Gasteiger partial charge is 0.0992 e. The molecule has 3 nitrogen and oxygen atoms in total. The van der Waals surface area contributed by atoms with Crippen molar-refractivity contribution in [1.82, 2.24) is 0 Å². The molecular formula is C15H20N2O. The molecule has 2 atom stereocenters. The zero-order valence-electron chi connectivity index (χ0n) is 11.1. The molecule has 0 amide bonds. The van der Waals surface area contributed by atoms with Gasteiger partial charge in [-0.3, -0.25) is 0 Å². The molecule has 18 heavy (non-hydrogen) atoms. The van der Waals surface area contributed by atoms with Crippen LogP contribution in [0.15, 0.2) is 18.2 Å². The van der Waals surface area contributed by atoms with Crippen molar-refractivity contribution in [3.8, 4) is 6.07 Å². The minimum atomic E-state index is 0.371. The lowest BCUT2D eigenvalue weighted by Gasteiger charge is -2.30. The molecule has 1 fully saturated rings. The minimum Gasteiger partial charge on any atom is -0.382 e. The van der Waals surface area contributed by atoms with Gasteiger partial charge in [0.2, 0.25) is 0 Å². The van der Waals surface area contributed by atoms with E-state index in [-0.39, 0.29) is 0 Å². The summed E-state index contributed by atoms with van der Waals surface area (Å²) in [5.74, 6) is 0. The molecule has 0 saturated heterocycles. The van der Waals surface area contributed by atoms with E-state index in [1.807, 2.05) is 18.2 Å². The van der Waals surface area contributed by atoms with E-state index in [1.165, 1.54) is 18.4 Å². The second-order valence-corrected chi connectivity index (χ2v) is 5.01. The lowest BCUT2D eigenvalue weighted by atomic mass is 9.92. The van der Waals surface area contributed by atoms with E-state index in [2.05, 4.69) is 18.3 Å². The summed E-state index contributed by atoms with van der Waals surface area (Å²) < 4.78 is 5.44. The number of hydrogen-bond donors (Lipinski definition) is 1. The average molecular weight is 244 g/mol. The number of benzene rings is 1. The van der Waals surface area contributed by atoms with Gasteiger partial charge in [0.05, 0.1) is 17.7 Å². The number of aryl methyl sites for hydroxylation is 1. The van der Waals surface area contributed by atoms with Gasteiger partial charge in [0.15, 0.2) is 0 Å². The summed E-state index contributed by atoms with van der Waals surface area (Å²) in [5, 5.41) is 12.5. The second kappa shape index (κ2) is 5.88. The molecule has 1 aromatic carbocycles. The summed E-state index contributed by atoms with van der Waals surface area (Å²) in [6.07, 6.45) is 4.96. The Bertz CT molecular complexity index is 450. The number of ether oxygens (including phenoxy) is 1. The van der Waals surface area contributed by atoms with E-state index >= 15 is 0 Å². The minimum absolute atomic E-state index is 0.371. The van der Waals surface area contributed by atoms with E-state index in [9.17, 15) is 0 Å². The van der Waals surface area contributed by atoms with Crippen LogP contribution in [0, 0.1) is 18.3 Å². The Morgan fingerprint density at radius 1 is 1.39 bits per heavy atom. The number of nitrogens with zero attached hydrogens (tertiary/aromatic N) is 1. The Morgan fingerprint density at radius 3 is 2.94 bits per heavy atom. The first kappa shape index (κ1) is 12.9. The maximum atomic E-state index is 8.94. The number of nitrogens with one attached hydrogen (secondary N) is 1. The third kappa shape index (κ3) is 3.02. The van der Waals surface area contributed by atoms with Gasteiger partial charge in [0.1, 0.15) is 0 Å². The van der Waals surface area contributed by atoms with Gasteiger partial charge in [0.25, 0.3) is 0 Å². The molecule has 1 saturated carbocycles. The van der Waals surface area contributed by atoms with E-state index in [0.717, 1.165) is 18.5 Å². The molecular weight excluding hydrogens is 224 g/mol. The average Bonchev–Trinajstić information content (AvgIpc) is 2.41. The quantitative estimate of drug-likeness (QED) is 0.887. The van der Waals surface area contributed by atoms with Crippen LogP contribution in [0.4, 0.5) is 5.69 Å². The molecule has 0 heterocycles. The van der Waals surface area contributed by atoms with Crippen LogP contribution in [-0.4, -0.2) is 19.3 Å². The zero-order valence-corrected chi connectivity index (χ0v) is 11.1. The van der Waals surface area contributed by atoms with E-state index in [0.29, 0.717) is 17.7 Å². The van der Waals surface area contributed by atoms with Crippen molar-refractivity contribution in [2.24, 2.45) is 0 Å². The van der Waals surface area contributed by atoms with Crippen LogP contribution >= 0.6 is 0 Å². The fraction of sp³-hybridized carbons (Fsp3) is 0.533. The van der Waals surface area contributed by atoms with Crippen molar-refractivity contribution in [2.45, 2.75) is 44.8 Å². The van der Waals surface area contributed by atoms with E-state index < -0.39 is 0 Å². The third-order valence-electron chi connectivity index (χ3n) is 3.69. The normalized spacial score (nSPS) is 23.4. The first-order valence-corrected chi connectivity index (χ1v) is 6.53. The van der Waals surface area contributed by atoms with Crippen molar-refractivity contribution >= 4 is 5.69 Å². The van der Waals surface area contributed by atoms with Gasteiger partial charge in [-0.2, -0.15) is 5.26 Å². The molecule has 1 aliphatic rings. The Hall–Kier alpha value is -1.53. The van der Waals surface area contributed by atoms with Crippen LogP contribution in [0.5, 0.6) is 0 Å². The molecule has 0 aliphatic heterocycles. The number of rotatable bonds is 3. The van der Waals surface area contributed by atoms with Crippen molar-refractivity contribution in [1.29, 1.82) is 5.26 Å². The van der Waals surface area contributed by atoms with Gasteiger partial charge in [-0.1, -0.05) is 6.07 Å². The van der Waals surface area contributed by atoms with Gasteiger partial charge >= 0.3 is 0 Å². The first-order valence-electron chi connectivity index (χ1n) is 6.53. The summed E-state index contributed by atoms with van der Waals surface area (Å²) in [7, 11) is 1.79. The molecule has 1 N–H and O–H groups in total. The van der Waals surface area contributed by atoms with Gasteiger partial charge in [-0.05, 0) is 50.3 Å². The Kier molecular flexibility index (Phi) is 4.22. The molecule has 2 rings (SSSR count). The highest BCUT2D eigenvalue weighted by Crippen LogP contribution is 2.25. The third-order valence-corrected chi connectivity index (χ3v) is 3.69. The Labute approximate surface area is 109 Å². The van der Waals surface area contributed by atoms with Gasteiger partial charge in [-0.15, -0.1) is 0 Å². The maximum Gasteiger partial charge on any atom is 0.0992 e. The molecule has 2 unspecified atom stereocenters. The Morgan fingerprint density at radius 2 is 2.22 bits per heavy atom. The van der Waals surface area contributed by atoms with E-state index in [4.69, 9.17) is 10.00 Å². The lowest BCUT2D eigenvalue weighted by Crippen LogP contribution is -2.31. The highest BCUT2D eigenvalue weighted by molar-refractivity contribution is 5.55. The van der Waals surface area contributed by atoms with E-state index in [1.54, 1.807) is 7.11 Å². The highest BCUT2D eigenvalue weighted by Gasteiger charge is 2.21. The maximum absolute atomic E-state index is 8.94. The highest BCUT2D eigenvalue weighted by atomic mass is 16.5. The molecule has 0 aromatic heterocycles. The van der Waals surface area contributed by atoms with Crippen molar-refractivity contribution < 1.29 is 4.74 Å². The molecule has 0 radical (unpaired) electrons. The topological polar surface area (TPSA) is 45.0 Å². The van der Waals surface area contributed by atoms with Crippen LogP contribution in [0.25, 0.3) is 0 Å².